The minimum atomic E-state index is -0.318. The molecule has 104 valence electrons. The van der Waals surface area contributed by atoms with Crippen molar-refractivity contribution in [3.8, 4) is 5.75 Å². The minimum absolute atomic E-state index is 0.318. The van der Waals surface area contributed by atoms with Gasteiger partial charge >= 0.3 is 0 Å². The molecule has 0 aliphatic heterocycles. The molecule has 1 amide bonds. The van der Waals surface area contributed by atoms with Crippen LogP contribution < -0.4 is 15.9 Å². The van der Waals surface area contributed by atoms with Gasteiger partial charge in [-0.15, -0.1) is 0 Å². The predicted octanol–water partition coefficient (Wildman–Crippen LogP) is 1.81. The second-order valence-corrected chi connectivity index (χ2v) is 4.97. The van der Waals surface area contributed by atoms with E-state index in [9.17, 15) is 4.79 Å². The molecule has 0 unspecified atom stereocenters. The van der Waals surface area contributed by atoms with Gasteiger partial charge in [0.2, 0.25) is 0 Å². The monoisotopic (exact) mass is 290 g/mol. The quantitative estimate of drug-likeness (QED) is 0.663. The predicted molar refractivity (Wildman–Crippen MR) is 79.3 cm³/mol. The summed E-state index contributed by atoms with van der Waals surface area (Å²) in [6.45, 7) is 1.73. The number of nitrogens with zero attached hydrogens (tertiary/aromatic N) is 2. The van der Waals surface area contributed by atoms with Gasteiger partial charge in [0.1, 0.15) is 10.6 Å². The number of methoxy groups -OCH3 is 1. The zero-order chi connectivity index (χ0) is 14.5. The summed E-state index contributed by atoms with van der Waals surface area (Å²) in [5, 5.41) is 4.26. The zero-order valence-corrected chi connectivity index (χ0v) is 11.9. The van der Waals surface area contributed by atoms with Crippen LogP contribution in [-0.4, -0.2) is 24.2 Å². The van der Waals surface area contributed by atoms with Crippen molar-refractivity contribution in [3.63, 3.8) is 0 Å². The molecule has 2 aromatic rings. The smallest absolute Gasteiger partial charge is 0.283 e. The van der Waals surface area contributed by atoms with E-state index >= 15 is 0 Å². The second kappa shape index (κ2) is 6.16. The summed E-state index contributed by atoms with van der Waals surface area (Å²) >= 11 is 1.14. The number of aryl methyl sites for hydroxylation is 1. The van der Waals surface area contributed by atoms with Crippen molar-refractivity contribution >= 4 is 28.6 Å². The standard InChI is InChI=1S/C13H14N4O2S/c1-8-11(20-13(14)16-8)12(18)17-15-7-9-3-5-10(19-2)6-4-9/h3-7H,1-2H3,(H2,14,16)(H,17,18). The number of rotatable bonds is 4. The molecule has 0 atom stereocenters. The van der Waals surface area contributed by atoms with Gasteiger partial charge in [-0.1, -0.05) is 11.3 Å². The number of aromatic nitrogens is 1. The Labute approximate surface area is 120 Å². The van der Waals surface area contributed by atoms with E-state index in [4.69, 9.17) is 10.5 Å². The summed E-state index contributed by atoms with van der Waals surface area (Å²) in [6.07, 6.45) is 1.55. The number of hydrogen-bond donors (Lipinski definition) is 2. The van der Waals surface area contributed by atoms with Gasteiger partial charge in [-0.3, -0.25) is 4.79 Å². The number of hydrazone groups is 1. The molecule has 0 saturated carbocycles. The molecule has 0 fully saturated rings. The van der Waals surface area contributed by atoms with Crippen molar-refractivity contribution in [2.45, 2.75) is 6.92 Å². The maximum Gasteiger partial charge on any atom is 0.283 e. The van der Waals surface area contributed by atoms with Gasteiger partial charge in [-0.2, -0.15) is 5.10 Å². The maximum atomic E-state index is 11.8. The number of anilines is 1. The topological polar surface area (TPSA) is 89.6 Å². The third kappa shape index (κ3) is 3.33. The molecule has 2 rings (SSSR count). The van der Waals surface area contributed by atoms with Crippen molar-refractivity contribution in [2.24, 2.45) is 5.10 Å². The lowest BCUT2D eigenvalue weighted by molar-refractivity contribution is 0.0958. The van der Waals surface area contributed by atoms with E-state index in [1.807, 2.05) is 24.3 Å². The first-order chi connectivity index (χ1) is 9.60. The molecular weight excluding hydrogens is 276 g/mol. The van der Waals surface area contributed by atoms with Gasteiger partial charge in [0.05, 0.1) is 19.0 Å². The number of nitrogen functional groups attached to an aromatic ring is 1. The molecule has 20 heavy (non-hydrogen) atoms. The summed E-state index contributed by atoms with van der Waals surface area (Å²) in [6, 6.07) is 7.31. The number of hydrogen-bond acceptors (Lipinski definition) is 6. The van der Waals surface area contributed by atoms with E-state index in [0.717, 1.165) is 22.6 Å². The van der Waals surface area contributed by atoms with Gasteiger partial charge < -0.3 is 10.5 Å². The average molecular weight is 290 g/mol. The van der Waals surface area contributed by atoms with Gasteiger partial charge in [0.15, 0.2) is 5.13 Å². The molecule has 1 heterocycles. The Bertz CT molecular complexity index is 634. The van der Waals surface area contributed by atoms with Crippen LogP contribution in [-0.2, 0) is 0 Å². The number of carbonyl (C=O) groups is 1. The Hall–Kier alpha value is -2.41. The molecule has 1 aromatic heterocycles. The normalized spacial score (nSPS) is 10.7. The Kier molecular flexibility index (Phi) is 4.31. The molecule has 0 aliphatic carbocycles. The van der Waals surface area contributed by atoms with E-state index in [2.05, 4.69) is 15.5 Å². The molecule has 3 N–H and O–H groups in total. The fourth-order valence-corrected chi connectivity index (χ4v) is 2.26. The van der Waals surface area contributed by atoms with Gasteiger partial charge in [-0.05, 0) is 36.8 Å². The highest BCUT2D eigenvalue weighted by Crippen LogP contribution is 2.19. The van der Waals surface area contributed by atoms with E-state index < -0.39 is 0 Å². The number of ether oxygens (including phenoxy) is 1. The van der Waals surface area contributed by atoms with Crippen LogP contribution in [0, 0.1) is 6.92 Å². The van der Waals surface area contributed by atoms with Crippen LogP contribution in [0.3, 0.4) is 0 Å². The van der Waals surface area contributed by atoms with E-state index in [1.165, 1.54) is 0 Å². The molecule has 0 spiro atoms. The minimum Gasteiger partial charge on any atom is -0.497 e. The van der Waals surface area contributed by atoms with Crippen LogP contribution in [0.25, 0.3) is 0 Å². The number of carbonyl (C=O) groups excluding carboxylic acids is 1. The molecular formula is C13H14N4O2S. The highest BCUT2D eigenvalue weighted by molar-refractivity contribution is 7.17. The fraction of sp³-hybridized carbons (Fsp3) is 0.154. The first kappa shape index (κ1) is 14.0. The third-order valence-corrected chi connectivity index (χ3v) is 3.50. The number of benzene rings is 1. The lowest BCUT2D eigenvalue weighted by Crippen LogP contribution is -2.17. The lowest BCUT2D eigenvalue weighted by Gasteiger charge is -1.99. The molecule has 0 radical (unpaired) electrons. The molecule has 0 aliphatic rings. The molecule has 0 bridgehead atoms. The van der Waals surface area contributed by atoms with E-state index in [-0.39, 0.29) is 5.91 Å². The Morgan fingerprint density at radius 3 is 2.70 bits per heavy atom. The van der Waals surface area contributed by atoms with Gasteiger partial charge in [-0.25, -0.2) is 10.4 Å². The van der Waals surface area contributed by atoms with Crippen LogP contribution in [0.4, 0.5) is 5.13 Å². The Balaban J connectivity index is 1.98. The number of thiazole rings is 1. The Morgan fingerprint density at radius 2 is 2.15 bits per heavy atom. The summed E-state index contributed by atoms with van der Waals surface area (Å²) in [5.41, 5.74) is 9.44. The largest absolute Gasteiger partial charge is 0.497 e. The molecule has 1 aromatic carbocycles. The summed E-state index contributed by atoms with van der Waals surface area (Å²) < 4.78 is 5.05. The second-order valence-electron chi connectivity index (χ2n) is 3.94. The first-order valence-electron chi connectivity index (χ1n) is 5.80. The van der Waals surface area contributed by atoms with Crippen molar-refractivity contribution in [1.29, 1.82) is 0 Å². The van der Waals surface area contributed by atoms with Crippen molar-refractivity contribution < 1.29 is 9.53 Å². The summed E-state index contributed by atoms with van der Waals surface area (Å²) in [5.74, 6) is 0.448. The Morgan fingerprint density at radius 1 is 1.45 bits per heavy atom. The van der Waals surface area contributed by atoms with Crippen LogP contribution in [0.1, 0.15) is 20.9 Å². The van der Waals surface area contributed by atoms with Crippen LogP contribution >= 0.6 is 11.3 Å². The molecule has 6 nitrogen and oxygen atoms in total. The van der Waals surface area contributed by atoms with Crippen molar-refractivity contribution in [1.82, 2.24) is 10.4 Å². The van der Waals surface area contributed by atoms with Crippen LogP contribution in [0.2, 0.25) is 0 Å². The van der Waals surface area contributed by atoms with Gasteiger partial charge in [0, 0.05) is 0 Å². The number of nitrogens with two attached hydrogens (primary N) is 1. The SMILES string of the molecule is COc1ccc(C=NNC(=O)c2sc(N)nc2C)cc1. The highest BCUT2D eigenvalue weighted by Gasteiger charge is 2.13. The van der Waals surface area contributed by atoms with Gasteiger partial charge in [0.25, 0.3) is 5.91 Å². The van der Waals surface area contributed by atoms with E-state index in [1.54, 1.807) is 20.2 Å². The van der Waals surface area contributed by atoms with Crippen molar-refractivity contribution in [3.05, 3.63) is 40.4 Å². The summed E-state index contributed by atoms with van der Waals surface area (Å²) in [7, 11) is 1.60. The maximum absolute atomic E-state index is 11.8. The number of amides is 1. The highest BCUT2D eigenvalue weighted by atomic mass is 32.1. The average Bonchev–Trinajstić information content (AvgIpc) is 2.78. The molecule has 0 saturated heterocycles. The number of nitrogens with one attached hydrogen (secondary N) is 1. The summed E-state index contributed by atoms with van der Waals surface area (Å²) in [4.78, 5) is 16.3. The lowest BCUT2D eigenvalue weighted by atomic mass is 10.2. The van der Waals surface area contributed by atoms with Crippen molar-refractivity contribution in [2.75, 3.05) is 12.8 Å². The zero-order valence-electron chi connectivity index (χ0n) is 11.1. The first-order valence-corrected chi connectivity index (χ1v) is 6.62. The van der Waals surface area contributed by atoms with E-state index in [0.29, 0.717) is 15.7 Å². The third-order valence-electron chi connectivity index (χ3n) is 2.51. The molecule has 7 heteroatoms. The fourth-order valence-electron chi connectivity index (χ4n) is 1.53. The van der Waals surface area contributed by atoms with Crippen LogP contribution in [0.5, 0.6) is 5.75 Å². The van der Waals surface area contributed by atoms with Crippen LogP contribution in [0.15, 0.2) is 29.4 Å².